The molecule has 0 spiro atoms. The van der Waals surface area contributed by atoms with Gasteiger partial charge in [0.25, 0.3) is 0 Å². The van der Waals surface area contributed by atoms with Crippen molar-refractivity contribution in [2.24, 2.45) is 5.92 Å². The molecule has 1 aromatic rings. The van der Waals surface area contributed by atoms with Crippen LogP contribution < -0.4 is 0 Å². The van der Waals surface area contributed by atoms with Gasteiger partial charge < -0.3 is 4.74 Å². The fourth-order valence-electron chi connectivity index (χ4n) is 1.97. The molecule has 2 nitrogen and oxygen atoms in total. The van der Waals surface area contributed by atoms with Crippen LogP contribution in [0.3, 0.4) is 0 Å². The summed E-state index contributed by atoms with van der Waals surface area (Å²) in [4.78, 5) is 3.45. The zero-order valence-corrected chi connectivity index (χ0v) is 9.60. The smallest absolute Gasteiger partial charge is 0.219 e. The number of halogens is 3. The molecule has 1 saturated heterocycles. The second-order valence-corrected chi connectivity index (χ2v) is 4.52. The van der Waals surface area contributed by atoms with Crippen LogP contribution in [0.1, 0.15) is 18.9 Å². The SMILES string of the molecule is C[C@H]1COCC[C@]1(F)c1cc(Cl)cnc1F. The number of hydrogen-bond donors (Lipinski definition) is 0. The van der Waals surface area contributed by atoms with Crippen molar-refractivity contribution < 1.29 is 13.5 Å². The molecule has 0 radical (unpaired) electrons. The molecule has 2 rings (SSSR count). The second-order valence-electron chi connectivity index (χ2n) is 4.08. The molecule has 0 bridgehead atoms. The van der Waals surface area contributed by atoms with Gasteiger partial charge in [-0.15, -0.1) is 0 Å². The first-order valence-corrected chi connectivity index (χ1v) is 5.50. The van der Waals surface area contributed by atoms with E-state index in [0.29, 0.717) is 0 Å². The van der Waals surface area contributed by atoms with Crippen LogP contribution in [0.15, 0.2) is 12.3 Å². The lowest BCUT2D eigenvalue weighted by atomic mass is 9.81. The summed E-state index contributed by atoms with van der Waals surface area (Å²) in [6, 6.07) is 1.31. The van der Waals surface area contributed by atoms with Gasteiger partial charge in [-0.3, -0.25) is 0 Å². The Kier molecular flexibility index (Phi) is 3.13. The summed E-state index contributed by atoms with van der Waals surface area (Å²) in [5, 5.41) is 0.243. The third kappa shape index (κ3) is 1.92. The van der Waals surface area contributed by atoms with Gasteiger partial charge in [-0.1, -0.05) is 18.5 Å². The Morgan fingerprint density at radius 3 is 3.06 bits per heavy atom. The van der Waals surface area contributed by atoms with E-state index in [-0.39, 0.29) is 30.2 Å². The van der Waals surface area contributed by atoms with Crippen LogP contribution in [-0.2, 0) is 10.4 Å². The van der Waals surface area contributed by atoms with E-state index in [2.05, 4.69) is 4.98 Å². The molecule has 0 N–H and O–H groups in total. The van der Waals surface area contributed by atoms with E-state index in [0.717, 1.165) is 0 Å². The Hall–Kier alpha value is -0.740. The van der Waals surface area contributed by atoms with Crippen LogP contribution in [0.25, 0.3) is 0 Å². The van der Waals surface area contributed by atoms with Gasteiger partial charge in [0.2, 0.25) is 5.95 Å². The Balaban J connectivity index is 2.44. The van der Waals surface area contributed by atoms with E-state index in [4.69, 9.17) is 16.3 Å². The predicted molar refractivity (Wildman–Crippen MR) is 56.6 cm³/mol. The van der Waals surface area contributed by atoms with Crippen LogP contribution in [-0.4, -0.2) is 18.2 Å². The van der Waals surface area contributed by atoms with Crippen molar-refractivity contribution in [3.63, 3.8) is 0 Å². The molecule has 1 aliphatic heterocycles. The van der Waals surface area contributed by atoms with Crippen molar-refractivity contribution >= 4 is 11.6 Å². The van der Waals surface area contributed by atoms with Gasteiger partial charge in [-0.05, 0) is 6.07 Å². The van der Waals surface area contributed by atoms with Crippen LogP contribution in [0, 0.1) is 11.9 Å². The molecule has 2 atom stereocenters. The molecule has 0 unspecified atom stereocenters. The Labute approximate surface area is 97.6 Å². The first-order chi connectivity index (χ1) is 7.54. The highest BCUT2D eigenvalue weighted by Crippen LogP contribution is 2.41. The zero-order chi connectivity index (χ0) is 11.8. The standard InChI is InChI=1S/C11H12ClF2NO/c1-7-6-16-3-2-11(7,14)9-4-8(12)5-15-10(9)13/h4-5,7H,2-3,6H2,1H3/t7-,11+/m0/s1. The van der Waals surface area contributed by atoms with Crippen LogP contribution in [0.5, 0.6) is 0 Å². The van der Waals surface area contributed by atoms with E-state index in [1.807, 2.05) is 0 Å². The Bertz CT molecular complexity index is 402. The van der Waals surface area contributed by atoms with E-state index in [9.17, 15) is 8.78 Å². The third-order valence-corrected chi connectivity index (χ3v) is 3.22. The Morgan fingerprint density at radius 2 is 2.38 bits per heavy atom. The molecule has 1 aromatic heterocycles. The normalized spacial score (nSPS) is 30.4. The van der Waals surface area contributed by atoms with E-state index in [1.165, 1.54) is 12.3 Å². The molecule has 0 amide bonds. The van der Waals surface area contributed by atoms with Gasteiger partial charge in [-0.2, -0.15) is 4.39 Å². The van der Waals surface area contributed by atoms with Gasteiger partial charge in [0.05, 0.1) is 11.6 Å². The second kappa shape index (κ2) is 4.26. The van der Waals surface area contributed by atoms with E-state index in [1.54, 1.807) is 6.92 Å². The molecule has 1 aliphatic rings. The molecular formula is C11H12ClF2NO. The minimum Gasteiger partial charge on any atom is -0.381 e. The van der Waals surface area contributed by atoms with Gasteiger partial charge >= 0.3 is 0 Å². The topological polar surface area (TPSA) is 22.1 Å². The highest BCUT2D eigenvalue weighted by Gasteiger charge is 2.43. The lowest BCUT2D eigenvalue weighted by Crippen LogP contribution is -2.38. The Morgan fingerprint density at radius 1 is 1.62 bits per heavy atom. The summed E-state index contributed by atoms with van der Waals surface area (Å²) in [5.74, 6) is -1.20. The molecule has 16 heavy (non-hydrogen) atoms. The first-order valence-electron chi connectivity index (χ1n) is 5.12. The maximum Gasteiger partial charge on any atom is 0.219 e. The number of ether oxygens (including phenoxy) is 1. The average molecular weight is 248 g/mol. The summed E-state index contributed by atoms with van der Waals surface area (Å²) in [6.45, 7) is 2.26. The van der Waals surface area contributed by atoms with Crippen LogP contribution in [0.4, 0.5) is 8.78 Å². The number of nitrogens with zero attached hydrogens (tertiary/aromatic N) is 1. The largest absolute Gasteiger partial charge is 0.381 e. The molecule has 0 aliphatic carbocycles. The molecule has 1 fully saturated rings. The monoisotopic (exact) mass is 247 g/mol. The number of rotatable bonds is 1. The van der Waals surface area contributed by atoms with E-state index < -0.39 is 17.5 Å². The zero-order valence-electron chi connectivity index (χ0n) is 8.84. The molecule has 0 saturated carbocycles. The fraction of sp³-hybridized carbons (Fsp3) is 0.545. The van der Waals surface area contributed by atoms with Gasteiger partial charge in [-0.25, -0.2) is 9.37 Å². The van der Waals surface area contributed by atoms with Crippen molar-refractivity contribution in [1.82, 2.24) is 4.98 Å². The molecule has 5 heteroatoms. The van der Waals surface area contributed by atoms with E-state index >= 15 is 0 Å². The first kappa shape index (κ1) is 11.7. The highest BCUT2D eigenvalue weighted by molar-refractivity contribution is 6.30. The quantitative estimate of drug-likeness (QED) is 0.712. The maximum atomic E-state index is 14.7. The molecule has 88 valence electrons. The number of pyridine rings is 1. The third-order valence-electron chi connectivity index (χ3n) is 3.01. The number of alkyl halides is 1. The fourth-order valence-corrected chi connectivity index (χ4v) is 2.13. The summed E-state index contributed by atoms with van der Waals surface area (Å²) in [5.41, 5.74) is -1.80. The molecule has 0 aromatic carbocycles. The predicted octanol–water partition coefficient (Wildman–Crippen LogP) is 3.10. The summed E-state index contributed by atoms with van der Waals surface area (Å²) in [7, 11) is 0. The summed E-state index contributed by atoms with van der Waals surface area (Å²) in [6.07, 6.45) is 1.31. The van der Waals surface area contributed by atoms with Crippen LogP contribution in [0.2, 0.25) is 5.02 Å². The summed E-state index contributed by atoms with van der Waals surface area (Å²) < 4.78 is 33.4. The highest BCUT2D eigenvalue weighted by atomic mass is 35.5. The van der Waals surface area contributed by atoms with Gasteiger partial charge in [0.1, 0.15) is 5.67 Å². The average Bonchev–Trinajstić information content (AvgIpc) is 2.26. The number of hydrogen-bond acceptors (Lipinski definition) is 2. The van der Waals surface area contributed by atoms with Gasteiger partial charge in [0, 0.05) is 30.7 Å². The van der Waals surface area contributed by atoms with Crippen molar-refractivity contribution in [3.05, 3.63) is 28.8 Å². The van der Waals surface area contributed by atoms with Crippen LogP contribution >= 0.6 is 11.6 Å². The molecule has 2 heterocycles. The lowest BCUT2D eigenvalue weighted by molar-refractivity contribution is -0.0606. The number of aromatic nitrogens is 1. The van der Waals surface area contributed by atoms with Crippen molar-refractivity contribution in [2.45, 2.75) is 19.0 Å². The minimum atomic E-state index is -1.74. The van der Waals surface area contributed by atoms with Gasteiger partial charge in [0.15, 0.2) is 0 Å². The lowest BCUT2D eigenvalue weighted by Gasteiger charge is -2.35. The van der Waals surface area contributed by atoms with Crippen molar-refractivity contribution in [3.8, 4) is 0 Å². The summed E-state index contributed by atoms with van der Waals surface area (Å²) >= 11 is 5.72. The van der Waals surface area contributed by atoms with Crippen molar-refractivity contribution in [2.75, 3.05) is 13.2 Å². The van der Waals surface area contributed by atoms with Crippen molar-refractivity contribution in [1.29, 1.82) is 0 Å². The minimum absolute atomic E-state index is 0.0594. The molecular weight excluding hydrogens is 236 g/mol. The maximum absolute atomic E-state index is 14.7.